The molecule has 1 heterocycles. The van der Waals surface area contributed by atoms with Gasteiger partial charge < -0.3 is 9.15 Å². The molecule has 0 amide bonds. The summed E-state index contributed by atoms with van der Waals surface area (Å²) < 4.78 is 10.9. The van der Waals surface area contributed by atoms with Crippen LogP contribution < -0.4 is 0 Å². The van der Waals surface area contributed by atoms with E-state index in [1.807, 2.05) is 55.5 Å². The Morgan fingerprint density at radius 2 is 1.83 bits per heavy atom. The Morgan fingerprint density at radius 3 is 2.54 bits per heavy atom. The van der Waals surface area contributed by atoms with Crippen LogP contribution >= 0.6 is 11.6 Å². The van der Waals surface area contributed by atoms with E-state index in [0.29, 0.717) is 17.4 Å². The normalized spacial score (nSPS) is 10.6. The van der Waals surface area contributed by atoms with E-state index < -0.39 is 5.97 Å². The average Bonchev–Trinajstić information content (AvgIpc) is 3.00. The molecule has 0 aliphatic heterocycles. The standard InChI is InChI=1S/C20H17ClO3/c1-3-23-20(22)18-12-17(14-7-5-9-16(21)11-14)19(24-18)15-8-4-6-13(2)10-15/h4-12H,3H2,1-2H3. The molecular weight excluding hydrogens is 324 g/mol. The number of carbonyl (C=O) groups is 1. The van der Waals surface area contributed by atoms with E-state index in [0.717, 1.165) is 22.3 Å². The summed E-state index contributed by atoms with van der Waals surface area (Å²) >= 11 is 6.12. The smallest absolute Gasteiger partial charge is 0.374 e. The van der Waals surface area contributed by atoms with Crippen LogP contribution in [0.1, 0.15) is 23.0 Å². The number of ether oxygens (including phenoxy) is 1. The van der Waals surface area contributed by atoms with Gasteiger partial charge >= 0.3 is 5.97 Å². The van der Waals surface area contributed by atoms with Gasteiger partial charge in [0.1, 0.15) is 5.76 Å². The van der Waals surface area contributed by atoms with E-state index in [1.54, 1.807) is 13.0 Å². The summed E-state index contributed by atoms with van der Waals surface area (Å²) in [7, 11) is 0. The van der Waals surface area contributed by atoms with Crippen molar-refractivity contribution in [1.29, 1.82) is 0 Å². The highest BCUT2D eigenvalue weighted by atomic mass is 35.5. The number of furan rings is 1. The lowest BCUT2D eigenvalue weighted by Gasteiger charge is -2.04. The van der Waals surface area contributed by atoms with Crippen molar-refractivity contribution in [3.8, 4) is 22.5 Å². The van der Waals surface area contributed by atoms with Crippen molar-refractivity contribution in [1.82, 2.24) is 0 Å². The summed E-state index contributed by atoms with van der Waals surface area (Å²) in [5.41, 5.74) is 3.71. The van der Waals surface area contributed by atoms with Crippen LogP contribution in [0, 0.1) is 6.92 Å². The minimum atomic E-state index is -0.473. The lowest BCUT2D eigenvalue weighted by atomic mass is 10.0. The molecule has 0 fully saturated rings. The second-order valence-corrected chi connectivity index (χ2v) is 5.89. The molecule has 0 saturated heterocycles. The summed E-state index contributed by atoms with van der Waals surface area (Å²) in [4.78, 5) is 12.1. The first-order valence-corrected chi connectivity index (χ1v) is 8.10. The minimum absolute atomic E-state index is 0.184. The monoisotopic (exact) mass is 340 g/mol. The summed E-state index contributed by atoms with van der Waals surface area (Å²) in [6.45, 7) is 4.07. The van der Waals surface area contributed by atoms with Gasteiger partial charge in [-0.1, -0.05) is 47.5 Å². The zero-order chi connectivity index (χ0) is 17.1. The molecule has 1 aromatic heterocycles. The number of benzene rings is 2. The molecule has 2 aromatic carbocycles. The molecule has 0 N–H and O–H groups in total. The molecule has 0 radical (unpaired) electrons. The summed E-state index contributed by atoms with van der Waals surface area (Å²) in [5, 5.41) is 0.626. The quantitative estimate of drug-likeness (QED) is 0.567. The van der Waals surface area contributed by atoms with E-state index >= 15 is 0 Å². The van der Waals surface area contributed by atoms with Crippen LogP contribution in [0.15, 0.2) is 59.0 Å². The van der Waals surface area contributed by atoms with Gasteiger partial charge in [-0.3, -0.25) is 0 Å². The maximum absolute atomic E-state index is 12.1. The molecule has 0 aliphatic carbocycles. The number of aryl methyl sites for hydroxylation is 1. The van der Waals surface area contributed by atoms with Gasteiger partial charge in [0.25, 0.3) is 0 Å². The molecule has 4 heteroatoms. The van der Waals surface area contributed by atoms with Crippen LogP contribution in [-0.2, 0) is 4.74 Å². The van der Waals surface area contributed by atoms with E-state index in [4.69, 9.17) is 20.8 Å². The molecular formula is C20H17ClO3. The van der Waals surface area contributed by atoms with Gasteiger partial charge in [-0.25, -0.2) is 4.79 Å². The van der Waals surface area contributed by atoms with Crippen LogP contribution in [-0.4, -0.2) is 12.6 Å². The third kappa shape index (κ3) is 3.36. The third-order valence-electron chi connectivity index (χ3n) is 3.62. The molecule has 3 rings (SSSR count). The number of hydrogen-bond donors (Lipinski definition) is 0. The molecule has 24 heavy (non-hydrogen) atoms. The first-order valence-electron chi connectivity index (χ1n) is 7.72. The van der Waals surface area contributed by atoms with E-state index in [-0.39, 0.29) is 5.76 Å². The number of esters is 1. The van der Waals surface area contributed by atoms with Gasteiger partial charge in [0.2, 0.25) is 5.76 Å². The topological polar surface area (TPSA) is 39.4 Å². The second kappa shape index (κ2) is 6.93. The van der Waals surface area contributed by atoms with Crippen LogP contribution in [0.25, 0.3) is 22.5 Å². The molecule has 0 bridgehead atoms. The fraction of sp³-hybridized carbons (Fsp3) is 0.150. The SMILES string of the molecule is CCOC(=O)c1cc(-c2cccc(Cl)c2)c(-c2cccc(C)c2)o1. The number of halogens is 1. The maximum Gasteiger partial charge on any atom is 0.374 e. The third-order valence-corrected chi connectivity index (χ3v) is 3.86. The van der Waals surface area contributed by atoms with Crippen molar-refractivity contribution in [2.45, 2.75) is 13.8 Å². The predicted molar refractivity (Wildman–Crippen MR) is 95.3 cm³/mol. The molecule has 0 saturated carbocycles. The van der Waals surface area contributed by atoms with Gasteiger partial charge in [0.05, 0.1) is 6.61 Å². The molecule has 0 aliphatic rings. The Hall–Kier alpha value is -2.52. The first kappa shape index (κ1) is 16.3. The largest absolute Gasteiger partial charge is 0.460 e. The van der Waals surface area contributed by atoms with Crippen molar-refractivity contribution in [3.05, 3.63) is 70.9 Å². The molecule has 0 spiro atoms. The molecule has 122 valence electrons. The maximum atomic E-state index is 12.1. The highest BCUT2D eigenvalue weighted by Gasteiger charge is 2.20. The summed E-state index contributed by atoms with van der Waals surface area (Å²) in [6.07, 6.45) is 0. The zero-order valence-electron chi connectivity index (χ0n) is 13.5. The first-order chi connectivity index (χ1) is 11.6. The molecule has 0 unspecified atom stereocenters. The highest BCUT2D eigenvalue weighted by molar-refractivity contribution is 6.30. The predicted octanol–water partition coefficient (Wildman–Crippen LogP) is 5.75. The van der Waals surface area contributed by atoms with Gasteiger partial charge in [0, 0.05) is 16.1 Å². The Labute approximate surface area is 145 Å². The fourth-order valence-electron chi connectivity index (χ4n) is 2.57. The van der Waals surface area contributed by atoms with Gasteiger partial charge in [-0.2, -0.15) is 0 Å². The number of carbonyl (C=O) groups excluding carboxylic acids is 1. The van der Waals surface area contributed by atoms with E-state index in [9.17, 15) is 4.79 Å². The lowest BCUT2D eigenvalue weighted by Crippen LogP contribution is -2.02. The van der Waals surface area contributed by atoms with Crippen molar-refractivity contribution in [2.75, 3.05) is 6.61 Å². The van der Waals surface area contributed by atoms with Gasteiger partial charge in [0.15, 0.2) is 0 Å². The molecule has 3 aromatic rings. The van der Waals surface area contributed by atoms with Crippen molar-refractivity contribution < 1.29 is 13.9 Å². The summed E-state index contributed by atoms with van der Waals surface area (Å²) in [6, 6.07) is 17.1. The summed E-state index contributed by atoms with van der Waals surface area (Å²) in [5.74, 6) is 0.340. The highest BCUT2D eigenvalue weighted by Crippen LogP contribution is 2.36. The Bertz CT molecular complexity index is 817. The van der Waals surface area contributed by atoms with E-state index in [1.165, 1.54) is 0 Å². The number of hydrogen-bond acceptors (Lipinski definition) is 3. The molecule has 0 atom stereocenters. The minimum Gasteiger partial charge on any atom is -0.460 e. The van der Waals surface area contributed by atoms with Crippen LogP contribution in [0.2, 0.25) is 5.02 Å². The molecule has 3 nitrogen and oxygen atoms in total. The fourth-order valence-corrected chi connectivity index (χ4v) is 2.76. The van der Waals surface area contributed by atoms with Crippen molar-refractivity contribution >= 4 is 17.6 Å². The van der Waals surface area contributed by atoms with Crippen LogP contribution in [0.3, 0.4) is 0 Å². The lowest BCUT2D eigenvalue weighted by molar-refractivity contribution is 0.0491. The number of rotatable bonds is 4. The Kier molecular flexibility index (Phi) is 4.72. The second-order valence-electron chi connectivity index (χ2n) is 5.45. The van der Waals surface area contributed by atoms with Crippen molar-refractivity contribution in [3.63, 3.8) is 0 Å². The average molecular weight is 341 g/mol. The van der Waals surface area contributed by atoms with Crippen LogP contribution in [0.4, 0.5) is 0 Å². The Morgan fingerprint density at radius 1 is 1.08 bits per heavy atom. The van der Waals surface area contributed by atoms with E-state index in [2.05, 4.69) is 0 Å². The van der Waals surface area contributed by atoms with Gasteiger partial charge in [-0.05, 0) is 43.7 Å². The van der Waals surface area contributed by atoms with Crippen molar-refractivity contribution in [2.24, 2.45) is 0 Å². The van der Waals surface area contributed by atoms with Gasteiger partial charge in [-0.15, -0.1) is 0 Å². The Balaban J connectivity index is 2.16. The van der Waals surface area contributed by atoms with Crippen LogP contribution in [0.5, 0.6) is 0 Å². The zero-order valence-corrected chi connectivity index (χ0v) is 14.3.